The maximum atomic E-state index is 13.7. The van der Waals surface area contributed by atoms with Crippen LogP contribution in [0, 0.1) is 5.82 Å². The average molecular weight is 266 g/mol. The smallest absolute Gasteiger partial charge is 0.340 e. The quantitative estimate of drug-likeness (QED) is 0.646. The molecular weight excluding hydrogens is 251 g/mol. The molecule has 1 aliphatic rings. The fourth-order valence-corrected chi connectivity index (χ4v) is 2.03. The molecule has 0 aromatic heterocycles. The van der Waals surface area contributed by atoms with Gasteiger partial charge in [-0.15, -0.1) is 0 Å². The van der Waals surface area contributed by atoms with Crippen molar-refractivity contribution in [2.45, 2.75) is 26.2 Å². The fraction of sp³-hybridized carbons (Fsp3) is 0.385. The molecule has 0 atom stereocenters. The van der Waals surface area contributed by atoms with Gasteiger partial charge in [-0.05, 0) is 24.5 Å². The van der Waals surface area contributed by atoms with Crippen molar-refractivity contribution in [1.82, 2.24) is 0 Å². The van der Waals surface area contributed by atoms with Gasteiger partial charge in [0.25, 0.3) is 0 Å². The Labute approximate surface area is 109 Å². The highest BCUT2D eigenvalue weighted by atomic mass is 19.1. The molecule has 5 nitrogen and oxygen atoms in total. The summed E-state index contributed by atoms with van der Waals surface area (Å²) in [4.78, 5) is 23.2. The Hall–Kier alpha value is -2.11. The number of esters is 1. The van der Waals surface area contributed by atoms with Crippen LogP contribution in [0.2, 0.25) is 0 Å². The second kappa shape index (κ2) is 5.26. The monoisotopic (exact) mass is 266 g/mol. The predicted molar refractivity (Wildman–Crippen MR) is 68.3 cm³/mol. The van der Waals surface area contributed by atoms with E-state index < -0.39 is 11.8 Å². The summed E-state index contributed by atoms with van der Waals surface area (Å²) in [6.45, 7) is 2.10. The second-order valence-electron chi connectivity index (χ2n) is 4.36. The molecule has 0 spiro atoms. The number of amides is 1. The maximum absolute atomic E-state index is 13.7. The SMILES string of the molecule is CCCOC(=O)c1c(N)c(F)cc2c1CCC(=O)N2. The second-order valence-corrected chi connectivity index (χ2v) is 4.36. The Morgan fingerprint density at radius 1 is 1.53 bits per heavy atom. The van der Waals surface area contributed by atoms with E-state index in [1.807, 2.05) is 6.92 Å². The number of anilines is 2. The summed E-state index contributed by atoms with van der Waals surface area (Å²) in [6.07, 6.45) is 1.26. The van der Waals surface area contributed by atoms with Crippen LogP contribution in [0.1, 0.15) is 35.7 Å². The lowest BCUT2D eigenvalue weighted by Gasteiger charge is -2.21. The molecule has 0 saturated heterocycles. The topological polar surface area (TPSA) is 81.4 Å². The first-order valence-electron chi connectivity index (χ1n) is 6.12. The van der Waals surface area contributed by atoms with Crippen molar-refractivity contribution >= 4 is 23.3 Å². The van der Waals surface area contributed by atoms with Crippen LogP contribution in [-0.4, -0.2) is 18.5 Å². The zero-order valence-corrected chi connectivity index (χ0v) is 10.6. The van der Waals surface area contributed by atoms with E-state index in [-0.39, 0.29) is 30.2 Å². The van der Waals surface area contributed by atoms with Gasteiger partial charge in [-0.3, -0.25) is 4.79 Å². The van der Waals surface area contributed by atoms with E-state index in [2.05, 4.69) is 5.32 Å². The summed E-state index contributed by atoms with van der Waals surface area (Å²) in [5.41, 5.74) is 6.27. The number of hydrogen-bond donors (Lipinski definition) is 2. The molecule has 1 aliphatic heterocycles. The summed E-state index contributed by atoms with van der Waals surface area (Å²) in [5.74, 6) is -1.58. The van der Waals surface area contributed by atoms with Gasteiger partial charge in [-0.25, -0.2) is 9.18 Å². The van der Waals surface area contributed by atoms with Gasteiger partial charge in [0.15, 0.2) is 0 Å². The first-order chi connectivity index (χ1) is 9.04. The van der Waals surface area contributed by atoms with E-state index in [0.717, 1.165) is 6.07 Å². The Morgan fingerprint density at radius 2 is 2.26 bits per heavy atom. The third kappa shape index (κ3) is 2.52. The van der Waals surface area contributed by atoms with Crippen LogP contribution in [0.3, 0.4) is 0 Å². The van der Waals surface area contributed by atoms with Crippen molar-refractivity contribution in [2.75, 3.05) is 17.7 Å². The van der Waals surface area contributed by atoms with Crippen LogP contribution in [0.25, 0.3) is 0 Å². The molecule has 1 heterocycles. The number of benzene rings is 1. The summed E-state index contributed by atoms with van der Waals surface area (Å²) in [6, 6.07) is 1.14. The molecule has 0 radical (unpaired) electrons. The number of nitrogen functional groups attached to an aromatic ring is 1. The van der Waals surface area contributed by atoms with Gasteiger partial charge in [0.05, 0.1) is 17.9 Å². The molecule has 0 unspecified atom stereocenters. The summed E-state index contributed by atoms with van der Waals surface area (Å²) >= 11 is 0. The Balaban J connectivity index is 2.46. The number of halogens is 1. The Kier molecular flexibility index (Phi) is 3.69. The third-order valence-electron chi connectivity index (χ3n) is 2.94. The molecule has 0 aliphatic carbocycles. The van der Waals surface area contributed by atoms with Crippen LogP contribution in [0.4, 0.5) is 15.8 Å². The first-order valence-corrected chi connectivity index (χ1v) is 6.12. The number of rotatable bonds is 3. The Bertz CT molecular complexity index is 543. The van der Waals surface area contributed by atoms with E-state index >= 15 is 0 Å². The molecule has 0 bridgehead atoms. The normalized spacial score (nSPS) is 13.7. The molecule has 102 valence electrons. The first kappa shape index (κ1) is 13.3. The molecular formula is C13H15FN2O3. The van der Waals surface area contributed by atoms with Crippen LogP contribution < -0.4 is 11.1 Å². The van der Waals surface area contributed by atoms with Crippen LogP contribution in [-0.2, 0) is 16.0 Å². The molecule has 0 saturated carbocycles. The van der Waals surface area contributed by atoms with Crippen molar-refractivity contribution in [3.05, 3.63) is 23.0 Å². The number of ether oxygens (including phenoxy) is 1. The van der Waals surface area contributed by atoms with E-state index in [0.29, 0.717) is 24.1 Å². The number of carbonyl (C=O) groups excluding carboxylic acids is 2. The van der Waals surface area contributed by atoms with Crippen LogP contribution in [0.15, 0.2) is 6.07 Å². The molecule has 1 aromatic rings. The lowest BCUT2D eigenvalue weighted by molar-refractivity contribution is -0.116. The van der Waals surface area contributed by atoms with Crippen molar-refractivity contribution in [1.29, 1.82) is 0 Å². The highest BCUT2D eigenvalue weighted by Gasteiger charge is 2.26. The number of nitrogens with one attached hydrogen (secondary N) is 1. The average Bonchev–Trinajstić information content (AvgIpc) is 2.37. The number of carbonyl (C=O) groups is 2. The molecule has 1 amide bonds. The van der Waals surface area contributed by atoms with Crippen molar-refractivity contribution < 1.29 is 18.7 Å². The molecule has 1 aromatic carbocycles. The zero-order valence-electron chi connectivity index (χ0n) is 10.6. The zero-order chi connectivity index (χ0) is 14.0. The van der Waals surface area contributed by atoms with Gasteiger partial charge in [0.1, 0.15) is 5.82 Å². The molecule has 0 fully saturated rings. The van der Waals surface area contributed by atoms with Crippen molar-refractivity contribution in [2.24, 2.45) is 0 Å². The van der Waals surface area contributed by atoms with Gasteiger partial charge in [-0.2, -0.15) is 0 Å². The van der Waals surface area contributed by atoms with Gasteiger partial charge in [-0.1, -0.05) is 6.92 Å². The van der Waals surface area contributed by atoms with Gasteiger partial charge >= 0.3 is 5.97 Å². The lowest BCUT2D eigenvalue weighted by Crippen LogP contribution is -2.23. The minimum atomic E-state index is -0.732. The summed E-state index contributed by atoms with van der Waals surface area (Å²) < 4.78 is 18.7. The minimum Gasteiger partial charge on any atom is -0.462 e. The summed E-state index contributed by atoms with van der Waals surface area (Å²) in [5, 5.41) is 2.54. The highest BCUT2D eigenvalue weighted by molar-refractivity contribution is 6.02. The van der Waals surface area contributed by atoms with Gasteiger partial charge in [0.2, 0.25) is 5.91 Å². The number of nitrogens with two attached hydrogens (primary N) is 1. The highest BCUT2D eigenvalue weighted by Crippen LogP contribution is 2.32. The van der Waals surface area contributed by atoms with Crippen LogP contribution >= 0.6 is 0 Å². The van der Waals surface area contributed by atoms with Crippen molar-refractivity contribution in [3.63, 3.8) is 0 Å². The number of hydrogen-bond acceptors (Lipinski definition) is 4. The van der Waals surface area contributed by atoms with E-state index in [4.69, 9.17) is 10.5 Å². The molecule has 19 heavy (non-hydrogen) atoms. The fourth-order valence-electron chi connectivity index (χ4n) is 2.03. The standard InChI is InChI=1S/C13H15FN2O3/c1-2-5-19-13(18)11-7-3-4-10(17)16-9(7)6-8(14)12(11)15/h6H,2-5,15H2,1H3,(H,16,17). The molecule has 3 N–H and O–H groups in total. The van der Waals surface area contributed by atoms with Gasteiger partial charge in [0, 0.05) is 12.1 Å². The largest absolute Gasteiger partial charge is 0.462 e. The maximum Gasteiger partial charge on any atom is 0.340 e. The predicted octanol–water partition coefficient (Wildman–Crippen LogP) is 1.86. The lowest BCUT2D eigenvalue weighted by atomic mass is 9.95. The van der Waals surface area contributed by atoms with Gasteiger partial charge < -0.3 is 15.8 Å². The van der Waals surface area contributed by atoms with E-state index in [1.165, 1.54) is 0 Å². The third-order valence-corrected chi connectivity index (χ3v) is 2.94. The number of fused-ring (bicyclic) bond motifs is 1. The molecule has 2 rings (SSSR count). The Morgan fingerprint density at radius 3 is 2.95 bits per heavy atom. The van der Waals surface area contributed by atoms with Crippen molar-refractivity contribution in [3.8, 4) is 0 Å². The summed E-state index contributed by atoms with van der Waals surface area (Å²) in [7, 11) is 0. The van der Waals surface area contributed by atoms with E-state index in [1.54, 1.807) is 0 Å². The van der Waals surface area contributed by atoms with Crippen LogP contribution in [0.5, 0.6) is 0 Å². The minimum absolute atomic E-state index is 0.0310. The van der Waals surface area contributed by atoms with E-state index in [9.17, 15) is 14.0 Å². The molecule has 6 heteroatoms.